The molecular formula is C28H18Br4FeN4O6. The topological polar surface area (TPSA) is 169 Å². The average molecular weight is 882 g/mol. The van der Waals surface area contributed by atoms with E-state index in [1.54, 1.807) is 48.5 Å². The molecule has 0 aliphatic rings. The van der Waals surface area contributed by atoms with Gasteiger partial charge in [-0.1, -0.05) is 99.5 Å². The average Bonchev–Trinajstić information content (AvgIpc) is 2.94. The Bertz CT molecular complexity index is 1560. The fourth-order valence-electron chi connectivity index (χ4n) is 3.12. The molecule has 0 radical (unpaired) electrons. The zero-order chi connectivity index (χ0) is 30.8. The number of carbonyl (C=O) groups is 2. The molecule has 4 aromatic rings. The fourth-order valence-corrected chi connectivity index (χ4v) is 5.64. The van der Waals surface area contributed by atoms with E-state index in [2.05, 4.69) is 84.8 Å². The van der Waals surface area contributed by atoms with Crippen molar-refractivity contribution in [2.45, 2.75) is 0 Å². The van der Waals surface area contributed by atoms with E-state index >= 15 is 0 Å². The van der Waals surface area contributed by atoms with Gasteiger partial charge in [-0.3, -0.25) is 9.59 Å². The number of benzene rings is 4. The molecule has 0 spiro atoms. The number of phenols is 2. The first-order chi connectivity index (χ1) is 20.0. The van der Waals surface area contributed by atoms with E-state index in [0.29, 0.717) is 29.0 Å². The number of nitrogens with zero attached hydrogens (tertiary/aromatic N) is 2. The van der Waals surface area contributed by atoms with E-state index < -0.39 is 11.8 Å². The molecule has 0 fully saturated rings. The molecule has 0 aromatic heterocycles. The molecule has 2 amide bonds. The number of hydrazone groups is 2. The van der Waals surface area contributed by atoms with Crippen molar-refractivity contribution in [2.75, 3.05) is 0 Å². The number of hydrogen-bond acceptors (Lipinski definition) is 8. The summed E-state index contributed by atoms with van der Waals surface area (Å²) in [6.45, 7) is 0. The van der Waals surface area contributed by atoms with Gasteiger partial charge in [-0.2, -0.15) is 10.2 Å². The van der Waals surface area contributed by atoms with Crippen LogP contribution in [-0.4, -0.2) is 34.5 Å². The van der Waals surface area contributed by atoms with Crippen molar-refractivity contribution in [3.63, 3.8) is 0 Å². The number of rotatable bonds is 6. The molecule has 222 valence electrons. The predicted octanol–water partition coefficient (Wildman–Crippen LogP) is 5.51. The molecule has 0 heterocycles. The molecule has 15 heteroatoms. The second-order valence-electron chi connectivity index (χ2n) is 8.04. The van der Waals surface area contributed by atoms with Crippen LogP contribution in [0.15, 0.2) is 101 Å². The molecule has 4 rings (SSSR count). The molecule has 0 aliphatic carbocycles. The smallest absolute Gasteiger partial charge is 0.871 e. The molecule has 4 N–H and O–H groups in total. The maximum atomic E-state index is 11.8. The Morgan fingerprint density at radius 1 is 0.651 bits per heavy atom. The first-order valence-corrected chi connectivity index (χ1v) is 14.7. The van der Waals surface area contributed by atoms with Crippen molar-refractivity contribution in [1.82, 2.24) is 10.9 Å². The van der Waals surface area contributed by atoms with E-state index in [4.69, 9.17) is 0 Å². The second-order valence-corrected chi connectivity index (χ2v) is 11.6. The number of phenolic OH excluding ortho intramolecular Hbond substituents is 2. The van der Waals surface area contributed by atoms with Crippen LogP contribution in [0.2, 0.25) is 0 Å². The normalized spacial score (nSPS) is 10.5. The Hall–Kier alpha value is -3.20. The summed E-state index contributed by atoms with van der Waals surface area (Å²) in [7, 11) is 0. The first kappa shape index (κ1) is 36.0. The summed E-state index contributed by atoms with van der Waals surface area (Å²) in [6, 6.07) is 18.6. The van der Waals surface area contributed by atoms with Gasteiger partial charge in [0.15, 0.2) is 0 Å². The van der Waals surface area contributed by atoms with Gasteiger partial charge in [0.05, 0.1) is 23.6 Å². The van der Waals surface area contributed by atoms with Crippen LogP contribution in [-0.2, 0) is 17.1 Å². The summed E-state index contributed by atoms with van der Waals surface area (Å²) < 4.78 is 2.21. The van der Waals surface area contributed by atoms with Gasteiger partial charge in [0.1, 0.15) is 11.5 Å². The Balaban J connectivity index is 0.000000293. The van der Waals surface area contributed by atoms with Crippen LogP contribution in [0.25, 0.3) is 0 Å². The number of amides is 2. The third kappa shape index (κ3) is 10.5. The minimum atomic E-state index is -0.564. The number of carbonyl (C=O) groups excluding carboxylic acids is 2. The van der Waals surface area contributed by atoms with Gasteiger partial charge in [0, 0.05) is 17.9 Å². The van der Waals surface area contributed by atoms with Crippen LogP contribution in [0.5, 0.6) is 23.0 Å². The SMILES string of the molecule is O=C(N/N=C\c1cc(Br)cc(Br)c1[O-])c1ccccc1O.O=C(N/N=C\c1cc(Br)cc(Br)c1[O-])c1ccccc1O.[Fe+2]. The second kappa shape index (κ2) is 17.2. The summed E-state index contributed by atoms with van der Waals surface area (Å²) in [5.41, 5.74) is 5.35. The van der Waals surface area contributed by atoms with Crippen LogP contribution in [0.3, 0.4) is 0 Å². The van der Waals surface area contributed by atoms with Crippen LogP contribution < -0.4 is 21.1 Å². The van der Waals surface area contributed by atoms with E-state index in [0.717, 1.165) is 0 Å². The number of aromatic hydroxyl groups is 2. The number of para-hydroxylation sites is 2. The van der Waals surface area contributed by atoms with Gasteiger partial charge in [-0.05, 0) is 59.7 Å². The van der Waals surface area contributed by atoms with Crippen molar-refractivity contribution in [3.05, 3.63) is 113 Å². The van der Waals surface area contributed by atoms with Crippen molar-refractivity contribution in [1.29, 1.82) is 0 Å². The summed E-state index contributed by atoms with van der Waals surface area (Å²) >= 11 is 12.8. The summed E-state index contributed by atoms with van der Waals surface area (Å²) in [6.07, 6.45) is 2.49. The molecule has 0 bridgehead atoms. The van der Waals surface area contributed by atoms with Crippen molar-refractivity contribution < 1.29 is 47.1 Å². The summed E-state index contributed by atoms with van der Waals surface area (Å²) in [4.78, 5) is 23.6. The van der Waals surface area contributed by atoms with Gasteiger partial charge in [-0.15, -0.1) is 0 Å². The molecular weight excluding hydrogens is 864 g/mol. The molecule has 4 aromatic carbocycles. The predicted molar refractivity (Wildman–Crippen MR) is 169 cm³/mol. The first-order valence-electron chi connectivity index (χ1n) is 11.5. The molecule has 0 saturated carbocycles. The summed E-state index contributed by atoms with van der Waals surface area (Å²) in [5, 5.41) is 50.1. The van der Waals surface area contributed by atoms with Gasteiger partial charge in [-0.25, -0.2) is 10.9 Å². The zero-order valence-corrected chi connectivity index (χ0v) is 28.8. The summed E-state index contributed by atoms with van der Waals surface area (Å²) in [5.74, 6) is -1.88. The van der Waals surface area contributed by atoms with E-state index in [-0.39, 0.29) is 51.2 Å². The monoisotopic (exact) mass is 878 g/mol. The fraction of sp³-hybridized carbons (Fsp3) is 0. The van der Waals surface area contributed by atoms with Crippen LogP contribution in [0.4, 0.5) is 0 Å². The Labute approximate surface area is 289 Å². The van der Waals surface area contributed by atoms with Crippen LogP contribution >= 0.6 is 63.7 Å². The van der Waals surface area contributed by atoms with E-state index in [1.807, 2.05) is 0 Å². The maximum absolute atomic E-state index is 11.8. The zero-order valence-electron chi connectivity index (χ0n) is 21.4. The Morgan fingerprint density at radius 3 is 1.35 bits per heavy atom. The molecule has 0 saturated heterocycles. The quantitative estimate of drug-likeness (QED) is 0.113. The van der Waals surface area contributed by atoms with Crippen LogP contribution in [0.1, 0.15) is 31.8 Å². The van der Waals surface area contributed by atoms with Gasteiger partial charge < -0.3 is 20.4 Å². The molecule has 0 atom stereocenters. The minimum Gasteiger partial charge on any atom is -0.871 e. The Kier molecular flexibility index (Phi) is 14.4. The van der Waals surface area contributed by atoms with E-state index in [9.17, 15) is 30.0 Å². The molecule has 10 nitrogen and oxygen atoms in total. The maximum Gasteiger partial charge on any atom is 2.00 e. The van der Waals surface area contributed by atoms with Gasteiger partial charge in [0.2, 0.25) is 0 Å². The molecule has 0 unspecified atom stereocenters. The minimum absolute atomic E-state index is 0. The van der Waals surface area contributed by atoms with Crippen molar-refractivity contribution >= 4 is 88.0 Å². The Morgan fingerprint density at radius 2 is 1.00 bits per heavy atom. The van der Waals surface area contributed by atoms with Crippen LogP contribution in [0, 0.1) is 0 Å². The third-order valence-corrected chi connectivity index (χ3v) is 7.20. The molecule has 0 aliphatic heterocycles. The molecule has 43 heavy (non-hydrogen) atoms. The largest absolute Gasteiger partial charge is 2.00 e. The van der Waals surface area contributed by atoms with Gasteiger partial charge >= 0.3 is 17.1 Å². The standard InChI is InChI=1S/2C14H10Br2N2O3.Fe/c2*15-9-5-8(13(20)11(16)6-9)7-17-18-14(21)10-3-1-2-4-12(10)19;/h2*1-7,19-20H,(H,18,21);/q;;+2/p-2/b2*17-7-;. The van der Waals surface area contributed by atoms with Crippen molar-refractivity contribution in [3.8, 4) is 23.0 Å². The number of halogens is 4. The number of nitrogens with one attached hydrogen (secondary N) is 2. The third-order valence-electron chi connectivity index (χ3n) is 5.11. The van der Waals surface area contributed by atoms with Gasteiger partial charge in [0.25, 0.3) is 11.8 Å². The number of hydrogen-bond donors (Lipinski definition) is 4. The van der Waals surface area contributed by atoms with Crippen molar-refractivity contribution in [2.24, 2.45) is 10.2 Å². The van der Waals surface area contributed by atoms with E-state index in [1.165, 1.54) is 36.7 Å².